The Labute approximate surface area is 175 Å². The van der Waals surface area contributed by atoms with Gasteiger partial charge in [0.2, 0.25) is 5.91 Å². The highest BCUT2D eigenvalue weighted by Gasteiger charge is 2.24. The molecule has 2 aromatic carbocycles. The number of anilines is 2. The Morgan fingerprint density at radius 2 is 1.90 bits per heavy atom. The number of rotatable bonds is 8. The number of nitrogens with one attached hydrogen (secondary N) is 1. The van der Waals surface area contributed by atoms with Crippen molar-refractivity contribution in [3.63, 3.8) is 0 Å². The minimum atomic E-state index is -0.623. The molecule has 0 aliphatic carbocycles. The summed E-state index contributed by atoms with van der Waals surface area (Å²) in [4.78, 5) is 37.8. The van der Waals surface area contributed by atoms with Crippen LogP contribution in [-0.2, 0) is 19.1 Å². The van der Waals surface area contributed by atoms with E-state index in [0.29, 0.717) is 30.9 Å². The maximum atomic E-state index is 12.2. The van der Waals surface area contributed by atoms with Crippen molar-refractivity contribution in [3.8, 4) is 5.75 Å². The predicted molar refractivity (Wildman–Crippen MR) is 114 cm³/mol. The zero-order valence-electron chi connectivity index (χ0n) is 16.8. The Morgan fingerprint density at radius 1 is 1.13 bits per heavy atom. The topological polar surface area (TPSA) is 84.9 Å². The number of carbonyl (C=O) groups excluding carboxylic acids is 3. The van der Waals surface area contributed by atoms with Crippen LogP contribution in [0.3, 0.4) is 0 Å². The highest BCUT2D eigenvalue weighted by Crippen LogP contribution is 2.29. The van der Waals surface area contributed by atoms with Gasteiger partial charge in [0.15, 0.2) is 6.61 Å². The van der Waals surface area contributed by atoms with Crippen LogP contribution in [0.2, 0.25) is 0 Å². The summed E-state index contributed by atoms with van der Waals surface area (Å²) in [6.07, 6.45) is 4.16. The van der Waals surface area contributed by atoms with E-state index in [9.17, 15) is 14.4 Å². The number of esters is 1. The molecular weight excluding hydrogens is 384 g/mol. The van der Waals surface area contributed by atoms with Gasteiger partial charge in [0, 0.05) is 19.0 Å². The molecule has 1 fully saturated rings. The standard InChI is InChI=1S/C23H24N2O5/c1-2-29-18-12-9-17(10-13-18)11-14-23(28)30-16-21(26)24-19-6-3-4-7-20(19)25-15-5-8-22(25)27/h3-4,6-7,9-14H,2,5,8,15-16H2,1H3,(H,24,26)/b14-11+. The van der Waals surface area contributed by atoms with Crippen LogP contribution < -0.4 is 15.0 Å². The van der Waals surface area contributed by atoms with E-state index < -0.39 is 18.5 Å². The summed E-state index contributed by atoms with van der Waals surface area (Å²) < 4.78 is 10.4. The average molecular weight is 408 g/mol. The first-order chi connectivity index (χ1) is 14.6. The lowest BCUT2D eigenvalue weighted by atomic mass is 10.2. The number of benzene rings is 2. The van der Waals surface area contributed by atoms with Gasteiger partial charge in [0.05, 0.1) is 18.0 Å². The van der Waals surface area contributed by atoms with Gasteiger partial charge < -0.3 is 19.7 Å². The van der Waals surface area contributed by atoms with Crippen molar-refractivity contribution in [2.45, 2.75) is 19.8 Å². The van der Waals surface area contributed by atoms with Gasteiger partial charge in [0.1, 0.15) is 5.75 Å². The number of carbonyl (C=O) groups is 3. The first kappa shape index (κ1) is 21.1. The van der Waals surface area contributed by atoms with Gasteiger partial charge in [-0.1, -0.05) is 24.3 Å². The summed E-state index contributed by atoms with van der Waals surface area (Å²) in [5.41, 5.74) is 1.97. The van der Waals surface area contributed by atoms with Crippen LogP contribution in [-0.4, -0.2) is 37.5 Å². The van der Waals surface area contributed by atoms with Crippen LogP contribution in [0.25, 0.3) is 6.08 Å². The van der Waals surface area contributed by atoms with Crippen LogP contribution in [0.4, 0.5) is 11.4 Å². The first-order valence-electron chi connectivity index (χ1n) is 9.84. The molecule has 30 heavy (non-hydrogen) atoms. The van der Waals surface area contributed by atoms with E-state index in [1.807, 2.05) is 37.3 Å². The van der Waals surface area contributed by atoms with Gasteiger partial charge in [-0.15, -0.1) is 0 Å². The predicted octanol–water partition coefficient (Wildman–Crippen LogP) is 3.41. The van der Waals surface area contributed by atoms with Crippen molar-refractivity contribution in [2.24, 2.45) is 0 Å². The Balaban J connectivity index is 1.51. The molecular formula is C23H24N2O5. The van der Waals surface area contributed by atoms with E-state index in [-0.39, 0.29) is 5.91 Å². The summed E-state index contributed by atoms with van der Waals surface area (Å²) in [6.45, 7) is 2.69. The van der Waals surface area contributed by atoms with Crippen LogP contribution in [0.5, 0.6) is 5.75 Å². The fourth-order valence-corrected chi connectivity index (χ4v) is 3.09. The SMILES string of the molecule is CCOc1ccc(/C=C/C(=O)OCC(=O)Nc2ccccc2N2CCCC2=O)cc1. The second-order valence-corrected chi connectivity index (χ2v) is 6.66. The van der Waals surface area contributed by atoms with Crippen molar-refractivity contribution in [1.82, 2.24) is 0 Å². The smallest absolute Gasteiger partial charge is 0.331 e. The maximum Gasteiger partial charge on any atom is 0.331 e. The minimum absolute atomic E-state index is 0.0301. The van der Waals surface area contributed by atoms with Gasteiger partial charge in [0.25, 0.3) is 5.91 Å². The van der Waals surface area contributed by atoms with Gasteiger partial charge in [-0.05, 0) is 49.2 Å². The molecule has 2 aromatic rings. The first-order valence-corrected chi connectivity index (χ1v) is 9.84. The molecule has 0 bridgehead atoms. The number of amides is 2. The molecule has 2 amide bonds. The van der Waals surface area contributed by atoms with Crippen molar-refractivity contribution < 1.29 is 23.9 Å². The van der Waals surface area contributed by atoms with Gasteiger partial charge in [-0.3, -0.25) is 9.59 Å². The average Bonchev–Trinajstić information content (AvgIpc) is 3.18. The van der Waals surface area contributed by atoms with E-state index >= 15 is 0 Å². The van der Waals surface area contributed by atoms with Crippen LogP contribution in [0.1, 0.15) is 25.3 Å². The molecule has 1 N–H and O–H groups in total. The van der Waals surface area contributed by atoms with Crippen LogP contribution in [0, 0.1) is 0 Å². The van der Waals surface area contributed by atoms with Gasteiger partial charge in [-0.25, -0.2) is 4.79 Å². The highest BCUT2D eigenvalue weighted by molar-refractivity contribution is 6.02. The van der Waals surface area contributed by atoms with Crippen LogP contribution >= 0.6 is 0 Å². The number of para-hydroxylation sites is 2. The van der Waals surface area contributed by atoms with Crippen molar-refractivity contribution in [1.29, 1.82) is 0 Å². The summed E-state index contributed by atoms with van der Waals surface area (Å²) >= 11 is 0. The molecule has 1 saturated heterocycles. The number of ether oxygens (including phenoxy) is 2. The van der Waals surface area contributed by atoms with Crippen LogP contribution in [0.15, 0.2) is 54.6 Å². The Hall–Kier alpha value is -3.61. The van der Waals surface area contributed by atoms with E-state index in [1.54, 1.807) is 29.2 Å². The molecule has 0 aromatic heterocycles. The Morgan fingerprint density at radius 3 is 2.60 bits per heavy atom. The molecule has 7 nitrogen and oxygen atoms in total. The zero-order valence-corrected chi connectivity index (χ0v) is 16.8. The number of hydrogen-bond donors (Lipinski definition) is 1. The van der Waals surface area contributed by atoms with E-state index in [2.05, 4.69) is 5.32 Å². The molecule has 0 spiro atoms. The Kier molecular flexibility index (Phi) is 7.21. The number of nitrogens with zero attached hydrogens (tertiary/aromatic N) is 1. The third kappa shape index (κ3) is 5.70. The van der Waals surface area contributed by atoms with Gasteiger partial charge in [-0.2, -0.15) is 0 Å². The van der Waals surface area contributed by atoms with E-state index in [4.69, 9.17) is 9.47 Å². The third-order valence-electron chi connectivity index (χ3n) is 4.49. The van der Waals surface area contributed by atoms with E-state index in [0.717, 1.165) is 17.7 Å². The summed E-state index contributed by atoms with van der Waals surface area (Å²) in [7, 11) is 0. The second kappa shape index (κ2) is 10.2. The van der Waals surface area contributed by atoms with Crippen molar-refractivity contribution in [2.75, 3.05) is 30.0 Å². The lowest BCUT2D eigenvalue weighted by molar-refractivity contribution is -0.142. The fourth-order valence-electron chi connectivity index (χ4n) is 3.09. The molecule has 156 valence electrons. The highest BCUT2D eigenvalue weighted by atomic mass is 16.5. The molecule has 0 saturated carbocycles. The summed E-state index contributed by atoms with van der Waals surface area (Å²) in [5, 5.41) is 2.71. The third-order valence-corrected chi connectivity index (χ3v) is 4.49. The fraction of sp³-hybridized carbons (Fsp3) is 0.261. The quantitative estimate of drug-likeness (QED) is 0.535. The van der Waals surface area contributed by atoms with E-state index in [1.165, 1.54) is 6.08 Å². The molecule has 1 aliphatic rings. The minimum Gasteiger partial charge on any atom is -0.494 e. The molecule has 1 heterocycles. The summed E-state index contributed by atoms with van der Waals surface area (Å²) in [6, 6.07) is 14.3. The second-order valence-electron chi connectivity index (χ2n) is 6.66. The molecule has 0 unspecified atom stereocenters. The molecule has 7 heteroatoms. The molecule has 1 aliphatic heterocycles. The molecule has 3 rings (SSSR count). The molecule has 0 radical (unpaired) electrons. The summed E-state index contributed by atoms with van der Waals surface area (Å²) in [5.74, 6) is -0.314. The number of hydrogen-bond acceptors (Lipinski definition) is 5. The zero-order chi connectivity index (χ0) is 21.3. The lowest BCUT2D eigenvalue weighted by Crippen LogP contribution is -2.26. The van der Waals surface area contributed by atoms with Crippen molar-refractivity contribution >= 4 is 35.2 Å². The monoisotopic (exact) mass is 408 g/mol. The normalized spacial score (nSPS) is 13.5. The maximum absolute atomic E-state index is 12.2. The largest absolute Gasteiger partial charge is 0.494 e. The van der Waals surface area contributed by atoms with Gasteiger partial charge >= 0.3 is 5.97 Å². The molecule has 0 atom stereocenters. The Bertz CT molecular complexity index is 937. The lowest BCUT2D eigenvalue weighted by Gasteiger charge is -2.19. The van der Waals surface area contributed by atoms with Crippen molar-refractivity contribution in [3.05, 3.63) is 60.2 Å².